The van der Waals surface area contributed by atoms with Crippen molar-refractivity contribution in [3.8, 4) is 5.75 Å². The zero-order valence-corrected chi connectivity index (χ0v) is 23.2. The number of ether oxygens (including phenoxy) is 1. The van der Waals surface area contributed by atoms with E-state index >= 15 is 0 Å². The maximum Gasteiger partial charge on any atom is 0.273 e. The summed E-state index contributed by atoms with van der Waals surface area (Å²) in [7, 11) is -3.08. The number of nitrogens with zero attached hydrogens (tertiary/aromatic N) is 3. The van der Waals surface area contributed by atoms with E-state index in [1.54, 1.807) is 0 Å². The summed E-state index contributed by atoms with van der Waals surface area (Å²) in [6, 6.07) is 15.8. The number of carbonyl (C=O) groups is 1. The Morgan fingerprint density at radius 2 is 1.79 bits per heavy atom. The summed E-state index contributed by atoms with van der Waals surface area (Å²) in [5, 5.41) is 14.5. The molecule has 0 spiro atoms. The lowest BCUT2D eigenvalue weighted by Crippen LogP contribution is -2.41. The third-order valence-electron chi connectivity index (χ3n) is 6.56. The third kappa shape index (κ3) is 6.43. The molecule has 1 aliphatic rings. The molecular weight excluding hydrogens is 544 g/mol. The van der Waals surface area contributed by atoms with Gasteiger partial charge in [-0.15, -0.1) is 0 Å². The van der Waals surface area contributed by atoms with Gasteiger partial charge >= 0.3 is 0 Å². The van der Waals surface area contributed by atoms with Crippen molar-refractivity contribution >= 4 is 44.6 Å². The van der Waals surface area contributed by atoms with Crippen LogP contribution in [-0.4, -0.2) is 46.0 Å². The number of aryl methyl sites for hydroxylation is 1. The molecular formula is C27H29ClN4O6S. The van der Waals surface area contributed by atoms with Crippen LogP contribution in [0.2, 0.25) is 5.02 Å². The Hall–Kier alpha value is -3.83. The van der Waals surface area contributed by atoms with Crippen molar-refractivity contribution in [3.63, 3.8) is 0 Å². The van der Waals surface area contributed by atoms with Crippen molar-refractivity contribution in [3.05, 3.63) is 86.9 Å². The molecule has 0 unspecified atom stereocenters. The van der Waals surface area contributed by atoms with Gasteiger partial charge in [0.15, 0.2) is 0 Å². The monoisotopic (exact) mass is 572 g/mol. The summed E-state index contributed by atoms with van der Waals surface area (Å²) in [4.78, 5) is 25.8. The SMILES string of the molecule is COc1ccc(Cl)cc1N(CC(=O)NCc1ccc(N2CCCC2)cc1)S(=O)(=O)c1ccc(C)c([N+](=O)[O-])c1. The molecule has 3 aromatic carbocycles. The topological polar surface area (TPSA) is 122 Å². The number of nitro benzene ring substituents is 1. The standard InChI is InChI=1S/C27H29ClN4O6S/c1-19-5-11-23(16-24(19)32(34)35)39(36,37)31(25-15-21(28)8-12-26(25)38-2)18-27(33)29-17-20-6-9-22(10-7-20)30-13-3-4-14-30/h5-12,15-16H,3-4,13-14,17-18H2,1-2H3,(H,29,33). The van der Waals surface area contributed by atoms with Crippen LogP contribution in [0.4, 0.5) is 17.1 Å². The molecule has 1 fully saturated rings. The molecule has 0 saturated carbocycles. The van der Waals surface area contributed by atoms with E-state index in [1.165, 1.54) is 57.2 Å². The maximum atomic E-state index is 13.8. The van der Waals surface area contributed by atoms with Gasteiger partial charge in [-0.05, 0) is 61.7 Å². The van der Waals surface area contributed by atoms with E-state index in [0.717, 1.165) is 34.7 Å². The summed E-state index contributed by atoms with van der Waals surface area (Å²) >= 11 is 6.17. The van der Waals surface area contributed by atoms with Crippen LogP contribution in [0.25, 0.3) is 0 Å². The number of amides is 1. The zero-order valence-electron chi connectivity index (χ0n) is 21.6. The van der Waals surface area contributed by atoms with Gasteiger partial charge in [-0.2, -0.15) is 0 Å². The number of nitrogens with one attached hydrogen (secondary N) is 1. The van der Waals surface area contributed by atoms with Crippen molar-refractivity contribution < 1.29 is 22.9 Å². The summed E-state index contributed by atoms with van der Waals surface area (Å²) in [5.74, 6) is -0.416. The maximum absolute atomic E-state index is 13.8. The molecule has 4 rings (SSSR count). The van der Waals surface area contributed by atoms with Crippen LogP contribution in [0.3, 0.4) is 0 Å². The lowest BCUT2D eigenvalue weighted by atomic mass is 10.2. The van der Waals surface area contributed by atoms with Gasteiger partial charge in [-0.1, -0.05) is 29.8 Å². The van der Waals surface area contributed by atoms with Gasteiger partial charge in [0.05, 0.1) is 22.6 Å². The van der Waals surface area contributed by atoms with Crippen LogP contribution in [0.5, 0.6) is 5.75 Å². The third-order valence-corrected chi connectivity index (χ3v) is 8.55. The fourth-order valence-corrected chi connectivity index (χ4v) is 6.03. The van der Waals surface area contributed by atoms with E-state index < -0.39 is 27.4 Å². The van der Waals surface area contributed by atoms with E-state index in [0.29, 0.717) is 5.56 Å². The van der Waals surface area contributed by atoms with Crippen LogP contribution in [0.1, 0.15) is 24.0 Å². The minimum Gasteiger partial charge on any atom is -0.495 e. The molecule has 0 bridgehead atoms. The molecule has 1 N–H and O–H groups in total. The van der Waals surface area contributed by atoms with Crippen molar-refractivity contribution in [2.75, 3.05) is 35.9 Å². The Morgan fingerprint density at radius 3 is 2.44 bits per heavy atom. The van der Waals surface area contributed by atoms with Crippen LogP contribution < -0.4 is 19.3 Å². The Balaban J connectivity index is 1.60. The first-order valence-corrected chi connectivity index (χ1v) is 14.1. The number of hydrogen-bond acceptors (Lipinski definition) is 7. The predicted molar refractivity (Wildman–Crippen MR) is 150 cm³/mol. The van der Waals surface area contributed by atoms with E-state index in [-0.39, 0.29) is 33.6 Å². The number of methoxy groups -OCH3 is 1. The quantitative estimate of drug-likeness (QED) is 0.276. The summed E-state index contributed by atoms with van der Waals surface area (Å²) in [6.07, 6.45) is 2.34. The smallest absolute Gasteiger partial charge is 0.273 e. The average Bonchev–Trinajstić information content (AvgIpc) is 3.46. The molecule has 0 radical (unpaired) electrons. The summed E-state index contributed by atoms with van der Waals surface area (Å²) in [6.45, 7) is 3.15. The minimum atomic E-state index is -4.45. The zero-order chi connectivity index (χ0) is 28.2. The average molecular weight is 573 g/mol. The first-order valence-electron chi connectivity index (χ1n) is 12.3. The van der Waals surface area contributed by atoms with Gasteiger partial charge in [0.25, 0.3) is 15.7 Å². The first kappa shape index (κ1) is 28.2. The largest absolute Gasteiger partial charge is 0.495 e. The molecule has 0 aromatic heterocycles. The Labute approximate surface area is 232 Å². The Kier molecular flexibility index (Phi) is 8.61. The van der Waals surface area contributed by atoms with E-state index in [4.69, 9.17) is 16.3 Å². The van der Waals surface area contributed by atoms with Crippen molar-refractivity contribution in [1.29, 1.82) is 0 Å². The Bertz CT molecular complexity index is 1470. The Morgan fingerprint density at radius 1 is 1.10 bits per heavy atom. The second-order valence-corrected chi connectivity index (χ2v) is 11.5. The summed E-state index contributed by atoms with van der Waals surface area (Å²) in [5.41, 5.74) is 1.96. The fourth-order valence-electron chi connectivity index (χ4n) is 4.42. The second-order valence-electron chi connectivity index (χ2n) is 9.17. The van der Waals surface area contributed by atoms with Crippen molar-refractivity contribution in [2.45, 2.75) is 31.2 Å². The minimum absolute atomic E-state index is 0.0262. The molecule has 10 nitrogen and oxygen atoms in total. The molecule has 3 aromatic rings. The van der Waals surface area contributed by atoms with Gasteiger partial charge in [-0.3, -0.25) is 19.2 Å². The molecule has 1 heterocycles. The van der Waals surface area contributed by atoms with Crippen molar-refractivity contribution in [2.24, 2.45) is 0 Å². The normalized spacial score (nSPS) is 13.3. The van der Waals surface area contributed by atoms with E-state index in [2.05, 4.69) is 10.2 Å². The number of anilines is 2. The van der Waals surface area contributed by atoms with Gasteiger partial charge in [-0.25, -0.2) is 8.42 Å². The summed E-state index contributed by atoms with van der Waals surface area (Å²) < 4.78 is 33.8. The van der Waals surface area contributed by atoms with Crippen LogP contribution in [0, 0.1) is 17.0 Å². The van der Waals surface area contributed by atoms with Crippen LogP contribution >= 0.6 is 11.6 Å². The highest BCUT2D eigenvalue weighted by Gasteiger charge is 2.31. The molecule has 0 atom stereocenters. The highest BCUT2D eigenvalue weighted by Crippen LogP contribution is 2.35. The lowest BCUT2D eigenvalue weighted by molar-refractivity contribution is -0.385. The fraction of sp³-hybridized carbons (Fsp3) is 0.296. The number of rotatable bonds is 10. The number of hydrogen-bond donors (Lipinski definition) is 1. The molecule has 1 amide bonds. The van der Waals surface area contributed by atoms with E-state index in [1.807, 2.05) is 24.3 Å². The number of nitro groups is 1. The highest BCUT2D eigenvalue weighted by atomic mass is 35.5. The van der Waals surface area contributed by atoms with Gasteiger partial charge in [0, 0.05) is 42.0 Å². The van der Waals surface area contributed by atoms with Gasteiger partial charge in [0.1, 0.15) is 12.3 Å². The molecule has 206 valence electrons. The second kappa shape index (κ2) is 11.9. The predicted octanol–water partition coefficient (Wildman–Crippen LogP) is 4.68. The lowest BCUT2D eigenvalue weighted by Gasteiger charge is -2.26. The number of benzene rings is 3. The van der Waals surface area contributed by atoms with Crippen LogP contribution in [0.15, 0.2) is 65.6 Å². The van der Waals surface area contributed by atoms with Crippen molar-refractivity contribution in [1.82, 2.24) is 5.32 Å². The number of halogens is 1. The number of carbonyl (C=O) groups excluding carboxylic acids is 1. The van der Waals surface area contributed by atoms with Gasteiger partial charge < -0.3 is 15.0 Å². The molecule has 0 aliphatic carbocycles. The van der Waals surface area contributed by atoms with E-state index in [9.17, 15) is 23.3 Å². The van der Waals surface area contributed by atoms with Gasteiger partial charge in [0.2, 0.25) is 5.91 Å². The molecule has 1 aliphatic heterocycles. The first-order chi connectivity index (χ1) is 18.6. The highest BCUT2D eigenvalue weighted by molar-refractivity contribution is 7.92. The molecule has 12 heteroatoms. The number of sulfonamides is 1. The molecule has 1 saturated heterocycles. The van der Waals surface area contributed by atoms with Crippen LogP contribution in [-0.2, 0) is 21.4 Å². The molecule has 39 heavy (non-hydrogen) atoms.